The van der Waals surface area contributed by atoms with Crippen LogP contribution >= 0.6 is 0 Å². The first-order valence-corrected chi connectivity index (χ1v) is 9.15. The summed E-state index contributed by atoms with van der Waals surface area (Å²) in [6.07, 6.45) is 1.09. The van der Waals surface area contributed by atoms with Gasteiger partial charge in [-0.25, -0.2) is 8.42 Å². The topological polar surface area (TPSA) is 101 Å². The van der Waals surface area contributed by atoms with Gasteiger partial charge in [-0.3, -0.25) is 14.8 Å². The molecule has 0 aliphatic rings. The summed E-state index contributed by atoms with van der Waals surface area (Å²) in [5, 5.41) is 14.3. The van der Waals surface area contributed by atoms with E-state index in [-0.39, 0.29) is 11.7 Å². The molecule has 0 aliphatic carbocycles. The molecule has 0 saturated carbocycles. The summed E-state index contributed by atoms with van der Waals surface area (Å²) < 4.78 is 25.3. The molecule has 2 aromatic rings. The van der Waals surface area contributed by atoms with Gasteiger partial charge in [-0.2, -0.15) is 0 Å². The Morgan fingerprint density at radius 3 is 2.46 bits per heavy atom. The summed E-state index contributed by atoms with van der Waals surface area (Å²) in [4.78, 5) is 10.7. The van der Waals surface area contributed by atoms with E-state index >= 15 is 0 Å². The molecule has 2 aromatic carbocycles. The molecule has 0 heterocycles. The Balaban J connectivity index is 2.28. The molecule has 128 valence electrons. The summed E-state index contributed by atoms with van der Waals surface area (Å²) in [6, 6.07) is 11.4. The Morgan fingerprint density at radius 1 is 1.17 bits per heavy atom. The monoisotopic (exact) mass is 349 g/mol. The molecule has 0 saturated heterocycles. The summed E-state index contributed by atoms with van der Waals surface area (Å²) in [5.74, 6) is 0. The molecule has 0 fully saturated rings. The molecule has 0 spiro atoms. The molecule has 2 N–H and O–H groups in total. The lowest BCUT2D eigenvalue weighted by atomic mass is 10.1. The molecule has 2 rings (SSSR count). The predicted molar refractivity (Wildman–Crippen MR) is 94.8 cm³/mol. The van der Waals surface area contributed by atoms with E-state index in [1.807, 2.05) is 6.92 Å². The lowest BCUT2D eigenvalue weighted by Gasteiger charge is -2.17. The molecular weight excluding hydrogens is 330 g/mol. The fraction of sp³-hybridized carbons (Fsp3) is 0.250. The quantitative estimate of drug-likeness (QED) is 0.614. The van der Waals surface area contributed by atoms with E-state index in [0.29, 0.717) is 16.9 Å². The van der Waals surface area contributed by atoms with Crippen LogP contribution in [-0.4, -0.2) is 19.6 Å². The number of sulfonamides is 1. The maximum absolute atomic E-state index is 11.4. The third kappa shape index (κ3) is 4.45. The first-order chi connectivity index (χ1) is 11.2. The van der Waals surface area contributed by atoms with Crippen LogP contribution in [0.1, 0.15) is 24.1 Å². The van der Waals surface area contributed by atoms with Crippen LogP contribution in [0.15, 0.2) is 42.5 Å². The number of benzene rings is 2. The molecule has 7 nitrogen and oxygen atoms in total. The fourth-order valence-corrected chi connectivity index (χ4v) is 2.99. The Labute approximate surface area is 140 Å². The largest absolute Gasteiger partial charge is 0.378 e. The zero-order valence-electron chi connectivity index (χ0n) is 13.6. The van der Waals surface area contributed by atoms with Gasteiger partial charge in [0.15, 0.2) is 0 Å². The Morgan fingerprint density at radius 2 is 1.83 bits per heavy atom. The Bertz CT molecular complexity index is 865. The van der Waals surface area contributed by atoms with E-state index in [4.69, 9.17) is 0 Å². The van der Waals surface area contributed by atoms with E-state index in [0.717, 1.165) is 11.8 Å². The van der Waals surface area contributed by atoms with Crippen LogP contribution in [0.4, 0.5) is 17.1 Å². The van der Waals surface area contributed by atoms with Crippen LogP contribution in [-0.2, 0) is 10.0 Å². The fourth-order valence-electron chi connectivity index (χ4n) is 2.37. The third-order valence-electron chi connectivity index (χ3n) is 3.52. The van der Waals surface area contributed by atoms with Crippen molar-refractivity contribution in [2.24, 2.45) is 0 Å². The van der Waals surface area contributed by atoms with Crippen molar-refractivity contribution >= 4 is 27.1 Å². The zero-order valence-corrected chi connectivity index (χ0v) is 14.4. The standard InChI is InChI=1S/C16H19N3O4S/c1-11-8-9-13(10-15(11)18-24(3,22)23)17-12(2)14-6-4-5-7-16(14)19(20)21/h4-10,12,17-18H,1-3H3/t12-/m0/s1. The highest BCUT2D eigenvalue weighted by atomic mass is 32.2. The average molecular weight is 349 g/mol. The maximum Gasteiger partial charge on any atom is 0.274 e. The van der Waals surface area contributed by atoms with Crippen molar-refractivity contribution in [3.8, 4) is 0 Å². The molecule has 8 heteroatoms. The van der Waals surface area contributed by atoms with Gasteiger partial charge in [0.25, 0.3) is 5.69 Å². The van der Waals surface area contributed by atoms with E-state index in [9.17, 15) is 18.5 Å². The van der Waals surface area contributed by atoms with E-state index < -0.39 is 14.9 Å². The van der Waals surface area contributed by atoms with Crippen LogP contribution in [0.3, 0.4) is 0 Å². The summed E-state index contributed by atoms with van der Waals surface area (Å²) >= 11 is 0. The van der Waals surface area contributed by atoms with Crippen molar-refractivity contribution < 1.29 is 13.3 Å². The normalized spacial score (nSPS) is 12.5. The Kier molecular flexibility index (Phi) is 5.08. The number of nitro groups is 1. The van der Waals surface area contributed by atoms with E-state index in [2.05, 4.69) is 10.0 Å². The van der Waals surface area contributed by atoms with Gasteiger partial charge in [-0.15, -0.1) is 0 Å². The molecular formula is C16H19N3O4S. The Hall–Kier alpha value is -2.61. The van der Waals surface area contributed by atoms with Gasteiger partial charge in [0, 0.05) is 11.8 Å². The number of nitrogens with one attached hydrogen (secondary N) is 2. The van der Waals surface area contributed by atoms with Crippen molar-refractivity contribution in [1.29, 1.82) is 0 Å². The van der Waals surface area contributed by atoms with Gasteiger partial charge in [0.1, 0.15) is 0 Å². The average Bonchev–Trinajstić information content (AvgIpc) is 2.49. The van der Waals surface area contributed by atoms with Gasteiger partial charge in [0.05, 0.1) is 28.5 Å². The minimum atomic E-state index is -3.38. The second-order valence-corrected chi connectivity index (χ2v) is 7.33. The summed E-state index contributed by atoms with van der Waals surface area (Å²) in [7, 11) is -3.38. The smallest absolute Gasteiger partial charge is 0.274 e. The zero-order chi connectivity index (χ0) is 17.9. The van der Waals surface area contributed by atoms with E-state index in [1.165, 1.54) is 6.07 Å². The number of anilines is 2. The molecule has 0 radical (unpaired) electrons. The number of rotatable bonds is 6. The molecule has 0 unspecified atom stereocenters. The van der Waals surface area contributed by atoms with Crippen molar-refractivity contribution in [1.82, 2.24) is 0 Å². The van der Waals surface area contributed by atoms with Crippen molar-refractivity contribution in [3.05, 3.63) is 63.7 Å². The van der Waals surface area contributed by atoms with Crippen molar-refractivity contribution in [3.63, 3.8) is 0 Å². The lowest BCUT2D eigenvalue weighted by molar-refractivity contribution is -0.385. The summed E-state index contributed by atoms with van der Waals surface area (Å²) in [5.41, 5.74) is 2.51. The molecule has 0 aliphatic heterocycles. The van der Waals surface area contributed by atoms with Gasteiger partial charge >= 0.3 is 0 Å². The van der Waals surface area contributed by atoms with Gasteiger partial charge in [-0.1, -0.05) is 24.3 Å². The molecule has 24 heavy (non-hydrogen) atoms. The van der Waals surface area contributed by atoms with E-state index in [1.54, 1.807) is 43.3 Å². The number of aryl methyl sites for hydroxylation is 1. The minimum absolute atomic E-state index is 0.0408. The molecule has 0 aromatic heterocycles. The van der Waals surface area contributed by atoms with Crippen LogP contribution in [0, 0.1) is 17.0 Å². The first-order valence-electron chi connectivity index (χ1n) is 7.25. The predicted octanol–water partition coefficient (Wildman–Crippen LogP) is 3.45. The number of nitrogens with zero attached hydrogens (tertiary/aromatic N) is 1. The van der Waals surface area contributed by atoms with Crippen molar-refractivity contribution in [2.45, 2.75) is 19.9 Å². The van der Waals surface area contributed by atoms with Crippen LogP contribution in [0.2, 0.25) is 0 Å². The second-order valence-electron chi connectivity index (χ2n) is 5.59. The number of hydrogen-bond donors (Lipinski definition) is 2. The van der Waals surface area contributed by atoms with Crippen LogP contribution < -0.4 is 10.0 Å². The van der Waals surface area contributed by atoms with Gasteiger partial charge in [0.2, 0.25) is 10.0 Å². The van der Waals surface area contributed by atoms with Gasteiger partial charge < -0.3 is 5.32 Å². The van der Waals surface area contributed by atoms with Gasteiger partial charge in [-0.05, 0) is 31.5 Å². The molecule has 0 bridgehead atoms. The van der Waals surface area contributed by atoms with Crippen LogP contribution in [0.25, 0.3) is 0 Å². The molecule has 1 atom stereocenters. The molecule has 0 amide bonds. The third-order valence-corrected chi connectivity index (χ3v) is 4.11. The van der Waals surface area contributed by atoms with Crippen molar-refractivity contribution in [2.75, 3.05) is 16.3 Å². The number of nitro benzene ring substituents is 1. The highest BCUT2D eigenvalue weighted by Crippen LogP contribution is 2.29. The van der Waals surface area contributed by atoms with Crippen LogP contribution in [0.5, 0.6) is 0 Å². The first kappa shape index (κ1) is 17.7. The SMILES string of the molecule is Cc1ccc(N[C@@H](C)c2ccccc2[N+](=O)[O-])cc1NS(C)(=O)=O. The summed E-state index contributed by atoms with van der Waals surface area (Å²) in [6.45, 7) is 3.61. The number of para-hydroxylation sites is 1. The minimum Gasteiger partial charge on any atom is -0.378 e. The maximum atomic E-state index is 11.4. The number of hydrogen-bond acceptors (Lipinski definition) is 5. The second kappa shape index (κ2) is 6.88. The highest BCUT2D eigenvalue weighted by Gasteiger charge is 2.18. The lowest BCUT2D eigenvalue weighted by Crippen LogP contribution is -2.12. The highest BCUT2D eigenvalue weighted by molar-refractivity contribution is 7.92.